The lowest BCUT2D eigenvalue weighted by molar-refractivity contribution is 0.625. The molecule has 82 valence electrons. The molecule has 0 aliphatic heterocycles. The van der Waals surface area contributed by atoms with E-state index in [1.807, 2.05) is 38.1 Å². The van der Waals surface area contributed by atoms with Crippen molar-refractivity contribution in [1.82, 2.24) is 0 Å². The highest BCUT2D eigenvalue weighted by atomic mass is 19.1. The summed E-state index contributed by atoms with van der Waals surface area (Å²) in [6.07, 6.45) is 0. The normalized spacial score (nSPS) is 10.4. The minimum absolute atomic E-state index is 0.192. The number of benzene rings is 2. The second kappa shape index (κ2) is 3.97. The molecule has 2 aromatic rings. The molecule has 0 unspecified atom stereocenters. The molecule has 0 aliphatic carbocycles. The van der Waals surface area contributed by atoms with E-state index in [1.54, 1.807) is 12.1 Å². The van der Waals surface area contributed by atoms with Gasteiger partial charge >= 0.3 is 0 Å². The molecule has 0 aliphatic rings. The van der Waals surface area contributed by atoms with Gasteiger partial charge in [-0.3, -0.25) is 0 Å². The Labute approximate surface area is 94.7 Å². The van der Waals surface area contributed by atoms with E-state index in [-0.39, 0.29) is 5.82 Å². The van der Waals surface area contributed by atoms with E-state index < -0.39 is 0 Å². The quantitative estimate of drug-likeness (QED) is 0.721. The summed E-state index contributed by atoms with van der Waals surface area (Å²) in [5, 5.41) is 0. The van der Waals surface area contributed by atoms with E-state index in [9.17, 15) is 4.39 Å². The van der Waals surface area contributed by atoms with Crippen molar-refractivity contribution in [3.63, 3.8) is 0 Å². The van der Waals surface area contributed by atoms with Crippen LogP contribution in [0.15, 0.2) is 36.4 Å². The number of halogens is 1. The maximum atomic E-state index is 13.2. The predicted octanol–water partition coefficient (Wildman–Crippen LogP) is 3.69. The fourth-order valence-corrected chi connectivity index (χ4v) is 2.06. The Morgan fingerprint density at radius 3 is 2.19 bits per heavy atom. The molecule has 2 heteroatoms. The highest BCUT2D eigenvalue weighted by molar-refractivity contribution is 5.73. The molecule has 2 aromatic carbocycles. The first-order chi connectivity index (χ1) is 7.58. The number of aryl methyl sites for hydroxylation is 2. The van der Waals surface area contributed by atoms with Gasteiger partial charge in [0.05, 0.1) is 0 Å². The van der Waals surface area contributed by atoms with Crippen molar-refractivity contribution in [2.24, 2.45) is 0 Å². The highest BCUT2D eigenvalue weighted by Crippen LogP contribution is 2.29. The summed E-state index contributed by atoms with van der Waals surface area (Å²) in [6, 6.07) is 10.7. The van der Waals surface area contributed by atoms with Crippen LogP contribution in [0.5, 0.6) is 0 Å². The molecule has 0 bridgehead atoms. The van der Waals surface area contributed by atoms with Gasteiger partial charge in [0.25, 0.3) is 0 Å². The lowest BCUT2D eigenvalue weighted by Gasteiger charge is -2.10. The SMILES string of the molecule is Cc1cc(F)cc(C)c1-c1cccc(N)c1. The standard InChI is InChI=1S/C14H14FN/c1-9-6-12(15)7-10(2)14(9)11-4-3-5-13(16)8-11/h3-8H,16H2,1-2H3. The van der Waals surface area contributed by atoms with Gasteiger partial charge in [-0.1, -0.05) is 12.1 Å². The van der Waals surface area contributed by atoms with Gasteiger partial charge in [-0.05, 0) is 60.4 Å². The Hall–Kier alpha value is -1.83. The third kappa shape index (κ3) is 1.91. The number of nitrogen functional groups attached to an aromatic ring is 1. The van der Waals surface area contributed by atoms with Crippen LogP contribution in [0.25, 0.3) is 11.1 Å². The molecule has 0 heterocycles. The summed E-state index contributed by atoms with van der Waals surface area (Å²) >= 11 is 0. The summed E-state index contributed by atoms with van der Waals surface area (Å²) in [7, 11) is 0. The molecule has 16 heavy (non-hydrogen) atoms. The van der Waals surface area contributed by atoms with Crippen LogP contribution in [-0.2, 0) is 0 Å². The Bertz CT molecular complexity index is 509. The van der Waals surface area contributed by atoms with Gasteiger partial charge in [-0.2, -0.15) is 0 Å². The summed E-state index contributed by atoms with van der Waals surface area (Å²) < 4.78 is 13.2. The van der Waals surface area contributed by atoms with E-state index in [1.165, 1.54) is 0 Å². The second-order valence-electron chi connectivity index (χ2n) is 4.04. The zero-order chi connectivity index (χ0) is 11.7. The molecular weight excluding hydrogens is 201 g/mol. The van der Waals surface area contributed by atoms with Gasteiger partial charge in [0, 0.05) is 5.69 Å². The average Bonchev–Trinajstić information content (AvgIpc) is 2.15. The van der Waals surface area contributed by atoms with Crippen LogP contribution in [0.4, 0.5) is 10.1 Å². The molecule has 0 saturated carbocycles. The molecule has 0 spiro atoms. The van der Waals surface area contributed by atoms with Gasteiger partial charge in [-0.15, -0.1) is 0 Å². The largest absolute Gasteiger partial charge is 0.399 e. The topological polar surface area (TPSA) is 26.0 Å². The van der Waals surface area contributed by atoms with Crippen LogP contribution in [0, 0.1) is 19.7 Å². The van der Waals surface area contributed by atoms with Crippen molar-refractivity contribution in [2.75, 3.05) is 5.73 Å². The minimum Gasteiger partial charge on any atom is -0.399 e. The smallest absolute Gasteiger partial charge is 0.123 e. The van der Waals surface area contributed by atoms with Crippen molar-refractivity contribution in [3.05, 3.63) is 53.3 Å². The van der Waals surface area contributed by atoms with E-state index in [4.69, 9.17) is 5.73 Å². The molecule has 0 radical (unpaired) electrons. The number of hydrogen-bond donors (Lipinski definition) is 1. The van der Waals surface area contributed by atoms with Gasteiger partial charge < -0.3 is 5.73 Å². The van der Waals surface area contributed by atoms with Crippen molar-refractivity contribution in [1.29, 1.82) is 0 Å². The Morgan fingerprint density at radius 1 is 1.00 bits per heavy atom. The first kappa shape index (κ1) is 10.7. The number of hydrogen-bond acceptors (Lipinski definition) is 1. The van der Waals surface area contributed by atoms with Crippen LogP contribution in [0.2, 0.25) is 0 Å². The van der Waals surface area contributed by atoms with Crippen LogP contribution in [0.1, 0.15) is 11.1 Å². The van der Waals surface area contributed by atoms with Crippen molar-refractivity contribution in [3.8, 4) is 11.1 Å². The average molecular weight is 215 g/mol. The number of nitrogens with two attached hydrogens (primary N) is 1. The molecule has 2 N–H and O–H groups in total. The Balaban J connectivity index is 2.64. The first-order valence-corrected chi connectivity index (χ1v) is 5.20. The van der Waals surface area contributed by atoms with Crippen LogP contribution in [-0.4, -0.2) is 0 Å². The summed E-state index contributed by atoms with van der Waals surface area (Å²) in [6.45, 7) is 3.82. The fraction of sp³-hybridized carbons (Fsp3) is 0.143. The maximum absolute atomic E-state index is 13.2. The second-order valence-corrected chi connectivity index (χ2v) is 4.04. The summed E-state index contributed by atoms with van der Waals surface area (Å²) in [5.41, 5.74) is 10.4. The van der Waals surface area contributed by atoms with E-state index >= 15 is 0 Å². The minimum atomic E-state index is -0.192. The first-order valence-electron chi connectivity index (χ1n) is 5.20. The van der Waals surface area contributed by atoms with Crippen LogP contribution >= 0.6 is 0 Å². The van der Waals surface area contributed by atoms with Crippen molar-refractivity contribution < 1.29 is 4.39 Å². The monoisotopic (exact) mass is 215 g/mol. The highest BCUT2D eigenvalue weighted by Gasteiger charge is 2.07. The molecular formula is C14H14FN. The molecule has 0 saturated heterocycles. The van der Waals surface area contributed by atoms with Gasteiger partial charge in [0.1, 0.15) is 5.82 Å². The molecule has 0 atom stereocenters. The van der Waals surface area contributed by atoms with Gasteiger partial charge in [0.15, 0.2) is 0 Å². The van der Waals surface area contributed by atoms with Crippen molar-refractivity contribution >= 4 is 5.69 Å². The molecule has 1 nitrogen and oxygen atoms in total. The molecule has 0 aromatic heterocycles. The van der Waals surface area contributed by atoms with E-state index in [0.717, 1.165) is 27.9 Å². The fourth-order valence-electron chi connectivity index (χ4n) is 2.06. The zero-order valence-electron chi connectivity index (χ0n) is 9.42. The third-order valence-corrected chi connectivity index (χ3v) is 2.67. The van der Waals surface area contributed by atoms with Crippen LogP contribution in [0.3, 0.4) is 0 Å². The maximum Gasteiger partial charge on any atom is 0.123 e. The lowest BCUT2D eigenvalue weighted by atomic mass is 9.95. The van der Waals surface area contributed by atoms with Crippen molar-refractivity contribution in [2.45, 2.75) is 13.8 Å². The Morgan fingerprint density at radius 2 is 1.62 bits per heavy atom. The summed E-state index contributed by atoms with van der Waals surface area (Å²) in [4.78, 5) is 0. The number of anilines is 1. The molecule has 0 amide bonds. The molecule has 0 fully saturated rings. The predicted molar refractivity (Wildman–Crippen MR) is 65.7 cm³/mol. The van der Waals surface area contributed by atoms with Gasteiger partial charge in [0.2, 0.25) is 0 Å². The number of rotatable bonds is 1. The Kier molecular flexibility index (Phi) is 2.65. The van der Waals surface area contributed by atoms with Gasteiger partial charge in [-0.25, -0.2) is 4.39 Å². The van der Waals surface area contributed by atoms with E-state index in [0.29, 0.717) is 0 Å². The zero-order valence-corrected chi connectivity index (χ0v) is 9.42. The summed E-state index contributed by atoms with van der Waals surface area (Å²) in [5.74, 6) is -0.192. The lowest BCUT2D eigenvalue weighted by Crippen LogP contribution is -1.92. The molecule has 2 rings (SSSR count). The van der Waals surface area contributed by atoms with E-state index in [2.05, 4.69) is 0 Å². The van der Waals surface area contributed by atoms with Crippen LogP contribution < -0.4 is 5.73 Å². The third-order valence-electron chi connectivity index (χ3n) is 2.67.